The van der Waals surface area contributed by atoms with Crippen molar-refractivity contribution in [1.29, 1.82) is 0 Å². The largest absolute Gasteiger partial charge is 0.467 e. The fraction of sp³-hybridized carbons (Fsp3) is 0.357. The number of nitrogens with zero attached hydrogens (tertiary/aromatic N) is 1. The molecule has 1 saturated heterocycles. The van der Waals surface area contributed by atoms with Gasteiger partial charge in [0.05, 0.1) is 12.3 Å². The van der Waals surface area contributed by atoms with E-state index in [0.29, 0.717) is 0 Å². The Balaban J connectivity index is 1.87. The molecule has 3 rings (SSSR count). The molecule has 0 bridgehead atoms. The lowest BCUT2D eigenvalue weighted by molar-refractivity contribution is -0.133. The standard InChI is InChI=1S/C14H16N2O3/c1-9-5-6-13(19-9)11-8-12(14-4-3-7-18-14)16(15-11)10(2)17/h3-7,11-12,15H,8H2,1-2H3/t11?,12-/m1/s1. The van der Waals surface area contributed by atoms with Gasteiger partial charge in [-0.25, -0.2) is 5.43 Å². The monoisotopic (exact) mass is 260 g/mol. The van der Waals surface area contributed by atoms with Crippen molar-refractivity contribution in [2.45, 2.75) is 32.4 Å². The highest BCUT2D eigenvalue weighted by molar-refractivity contribution is 5.73. The number of hydrogen-bond acceptors (Lipinski definition) is 4. The van der Waals surface area contributed by atoms with E-state index in [0.717, 1.165) is 23.7 Å². The number of rotatable bonds is 2. The van der Waals surface area contributed by atoms with Crippen molar-refractivity contribution in [3.63, 3.8) is 0 Å². The van der Waals surface area contributed by atoms with Crippen LogP contribution in [0.4, 0.5) is 0 Å². The topological polar surface area (TPSA) is 58.6 Å². The Kier molecular flexibility index (Phi) is 2.91. The van der Waals surface area contributed by atoms with Gasteiger partial charge in [0.2, 0.25) is 5.91 Å². The normalized spacial score (nSPS) is 22.9. The van der Waals surface area contributed by atoms with E-state index in [1.165, 1.54) is 0 Å². The van der Waals surface area contributed by atoms with E-state index >= 15 is 0 Å². The molecule has 0 spiro atoms. The lowest BCUT2D eigenvalue weighted by Crippen LogP contribution is -2.37. The zero-order valence-electron chi connectivity index (χ0n) is 10.9. The zero-order chi connectivity index (χ0) is 13.4. The molecule has 0 radical (unpaired) electrons. The molecule has 5 nitrogen and oxygen atoms in total. The summed E-state index contributed by atoms with van der Waals surface area (Å²) in [5.74, 6) is 2.46. The number of furan rings is 2. The Morgan fingerprint density at radius 1 is 1.37 bits per heavy atom. The number of hydrogen-bond donors (Lipinski definition) is 1. The van der Waals surface area contributed by atoms with Crippen molar-refractivity contribution < 1.29 is 13.6 Å². The maximum absolute atomic E-state index is 11.7. The molecule has 3 heterocycles. The lowest BCUT2D eigenvalue weighted by atomic mass is 10.1. The molecule has 0 saturated carbocycles. The number of carbonyl (C=O) groups excluding carboxylic acids is 1. The molecule has 19 heavy (non-hydrogen) atoms. The van der Waals surface area contributed by atoms with Crippen LogP contribution in [0.2, 0.25) is 0 Å². The molecule has 5 heteroatoms. The van der Waals surface area contributed by atoms with Crippen molar-refractivity contribution in [1.82, 2.24) is 10.4 Å². The average Bonchev–Trinajstić information content (AvgIpc) is 3.07. The van der Waals surface area contributed by atoms with E-state index in [1.807, 2.05) is 31.2 Å². The van der Waals surface area contributed by atoms with Gasteiger partial charge in [-0.1, -0.05) is 0 Å². The van der Waals surface area contributed by atoms with E-state index in [2.05, 4.69) is 5.43 Å². The second kappa shape index (κ2) is 4.59. The summed E-state index contributed by atoms with van der Waals surface area (Å²) >= 11 is 0. The third-order valence-electron chi connectivity index (χ3n) is 3.38. The van der Waals surface area contributed by atoms with Gasteiger partial charge in [0.25, 0.3) is 0 Å². The smallest absolute Gasteiger partial charge is 0.234 e. The van der Waals surface area contributed by atoms with Gasteiger partial charge >= 0.3 is 0 Å². The number of nitrogens with one attached hydrogen (secondary N) is 1. The van der Waals surface area contributed by atoms with Crippen LogP contribution in [0.3, 0.4) is 0 Å². The van der Waals surface area contributed by atoms with Crippen LogP contribution in [0, 0.1) is 6.92 Å². The summed E-state index contributed by atoms with van der Waals surface area (Å²) in [5.41, 5.74) is 3.19. The van der Waals surface area contributed by atoms with E-state index in [4.69, 9.17) is 8.83 Å². The van der Waals surface area contributed by atoms with Crippen LogP contribution in [0.5, 0.6) is 0 Å². The first-order chi connectivity index (χ1) is 9.15. The van der Waals surface area contributed by atoms with Gasteiger partial charge in [-0.15, -0.1) is 0 Å². The van der Waals surface area contributed by atoms with Crippen LogP contribution in [0.1, 0.15) is 42.7 Å². The van der Waals surface area contributed by atoms with Crippen molar-refractivity contribution in [2.24, 2.45) is 0 Å². The molecule has 2 atom stereocenters. The van der Waals surface area contributed by atoms with Gasteiger partial charge in [-0.05, 0) is 31.2 Å². The van der Waals surface area contributed by atoms with Crippen LogP contribution in [0.15, 0.2) is 39.4 Å². The highest BCUT2D eigenvalue weighted by atomic mass is 16.3. The van der Waals surface area contributed by atoms with Crippen LogP contribution < -0.4 is 5.43 Å². The van der Waals surface area contributed by atoms with Crippen molar-refractivity contribution >= 4 is 5.91 Å². The van der Waals surface area contributed by atoms with E-state index < -0.39 is 0 Å². The predicted octanol–water partition coefficient (Wildman–Crippen LogP) is 2.72. The lowest BCUT2D eigenvalue weighted by Gasteiger charge is -2.20. The molecule has 1 aliphatic heterocycles. The molecule has 1 unspecified atom stereocenters. The number of amides is 1. The van der Waals surface area contributed by atoms with Crippen LogP contribution in [-0.2, 0) is 4.79 Å². The molecule has 1 N–H and O–H groups in total. The molecule has 2 aromatic heterocycles. The highest BCUT2D eigenvalue weighted by Gasteiger charge is 2.38. The summed E-state index contributed by atoms with van der Waals surface area (Å²) in [6.45, 7) is 3.45. The Hall–Kier alpha value is -2.01. The van der Waals surface area contributed by atoms with Gasteiger partial charge in [-0.2, -0.15) is 0 Å². The van der Waals surface area contributed by atoms with Gasteiger partial charge in [-0.3, -0.25) is 9.80 Å². The van der Waals surface area contributed by atoms with Gasteiger partial charge in [0.15, 0.2) is 0 Å². The quantitative estimate of drug-likeness (QED) is 0.902. The third-order valence-corrected chi connectivity index (χ3v) is 3.38. The minimum atomic E-state index is -0.0945. The first-order valence-electron chi connectivity index (χ1n) is 6.31. The van der Waals surface area contributed by atoms with Gasteiger partial charge in [0, 0.05) is 13.3 Å². The van der Waals surface area contributed by atoms with Crippen LogP contribution in [-0.4, -0.2) is 10.9 Å². The Bertz CT molecular complexity index is 573. The highest BCUT2D eigenvalue weighted by Crippen LogP contribution is 2.37. The van der Waals surface area contributed by atoms with Crippen LogP contribution >= 0.6 is 0 Å². The van der Waals surface area contributed by atoms with E-state index in [1.54, 1.807) is 18.2 Å². The number of carbonyl (C=O) groups is 1. The fourth-order valence-electron chi connectivity index (χ4n) is 2.49. The summed E-state index contributed by atoms with van der Waals surface area (Å²) in [5, 5.41) is 1.61. The summed E-state index contributed by atoms with van der Waals surface area (Å²) < 4.78 is 11.1. The molecular weight excluding hydrogens is 244 g/mol. The van der Waals surface area contributed by atoms with Gasteiger partial charge < -0.3 is 8.83 Å². The Labute approximate surface area is 111 Å². The molecule has 1 fully saturated rings. The first-order valence-corrected chi connectivity index (χ1v) is 6.31. The fourth-order valence-corrected chi connectivity index (χ4v) is 2.49. The minimum absolute atomic E-state index is 0.00676. The summed E-state index contributed by atoms with van der Waals surface area (Å²) in [6.07, 6.45) is 2.36. The minimum Gasteiger partial charge on any atom is -0.467 e. The summed E-state index contributed by atoms with van der Waals surface area (Å²) in [6, 6.07) is 7.48. The maximum atomic E-state index is 11.7. The summed E-state index contributed by atoms with van der Waals surface area (Å²) in [7, 11) is 0. The molecule has 0 aliphatic carbocycles. The Morgan fingerprint density at radius 3 is 2.79 bits per heavy atom. The van der Waals surface area contributed by atoms with E-state index in [-0.39, 0.29) is 18.0 Å². The molecule has 100 valence electrons. The van der Waals surface area contributed by atoms with Crippen molar-refractivity contribution in [2.75, 3.05) is 0 Å². The molecule has 1 amide bonds. The summed E-state index contributed by atoms with van der Waals surface area (Å²) in [4.78, 5) is 11.7. The molecular formula is C14H16N2O3. The molecule has 1 aliphatic rings. The Morgan fingerprint density at radius 2 is 2.21 bits per heavy atom. The average molecular weight is 260 g/mol. The number of aryl methyl sites for hydroxylation is 1. The molecule has 2 aromatic rings. The van der Waals surface area contributed by atoms with Crippen molar-refractivity contribution in [3.8, 4) is 0 Å². The second-order valence-corrected chi connectivity index (χ2v) is 4.79. The zero-order valence-corrected chi connectivity index (χ0v) is 10.9. The predicted molar refractivity (Wildman–Crippen MR) is 67.9 cm³/mol. The maximum Gasteiger partial charge on any atom is 0.234 e. The SMILES string of the molecule is CC(=O)N1NC(c2ccc(C)o2)C[C@@H]1c1ccco1. The first kappa shape index (κ1) is 12.0. The number of hydrazine groups is 1. The van der Waals surface area contributed by atoms with Crippen molar-refractivity contribution in [3.05, 3.63) is 47.8 Å². The van der Waals surface area contributed by atoms with E-state index in [9.17, 15) is 4.79 Å². The third kappa shape index (κ3) is 2.17. The van der Waals surface area contributed by atoms with Crippen LogP contribution in [0.25, 0.3) is 0 Å². The van der Waals surface area contributed by atoms with Gasteiger partial charge in [0.1, 0.15) is 23.3 Å². The molecule has 0 aromatic carbocycles. The second-order valence-electron chi connectivity index (χ2n) is 4.79.